The van der Waals surface area contributed by atoms with E-state index in [1.54, 1.807) is 12.1 Å². The van der Waals surface area contributed by atoms with Crippen LogP contribution < -0.4 is 5.32 Å². The summed E-state index contributed by atoms with van der Waals surface area (Å²) in [6.07, 6.45) is 0. The van der Waals surface area contributed by atoms with Crippen LogP contribution in [0.3, 0.4) is 0 Å². The van der Waals surface area contributed by atoms with Crippen LogP contribution in [0.25, 0.3) is 0 Å². The molecule has 0 aliphatic carbocycles. The lowest BCUT2D eigenvalue weighted by Crippen LogP contribution is -2.38. The summed E-state index contributed by atoms with van der Waals surface area (Å²) < 4.78 is 0. The number of rotatable bonds is 6. The maximum atomic E-state index is 10.8. The normalized spacial score (nSPS) is 17.9. The summed E-state index contributed by atoms with van der Waals surface area (Å²) in [5.41, 5.74) is 1.12. The van der Waals surface area contributed by atoms with Crippen molar-refractivity contribution in [2.75, 3.05) is 37.7 Å². The van der Waals surface area contributed by atoms with Crippen LogP contribution in [0.1, 0.15) is 18.5 Å². The van der Waals surface area contributed by atoms with Gasteiger partial charge in [-0.15, -0.1) is 0 Å². The Kier molecular flexibility index (Phi) is 5.82. The Morgan fingerprint density at radius 3 is 2.90 bits per heavy atom. The Hall–Kier alpha value is -1.11. The molecule has 0 saturated carbocycles. The SMILES string of the molecule is CC(NCCN1CCSCC1)c1cccc([N+](=O)[O-])c1. The van der Waals surface area contributed by atoms with Crippen LogP contribution in [0.2, 0.25) is 0 Å². The van der Waals surface area contributed by atoms with Gasteiger partial charge < -0.3 is 10.2 Å². The molecule has 1 aromatic carbocycles. The lowest BCUT2D eigenvalue weighted by molar-refractivity contribution is -0.384. The topological polar surface area (TPSA) is 58.4 Å². The van der Waals surface area contributed by atoms with Crippen molar-refractivity contribution >= 4 is 17.4 Å². The van der Waals surface area contributed by atoms with Gasteiger partial charge in [0.25, 0.3) is 5.69 Å². The maximum absolute atomic E-state index is 10.8. The highest BCUT2D eigenvalue weighted by Gasteiger charge is 2.12. The summed E-state index contributed by atoms with van der Waals surface area (Å²) in [6, 6.07) is 6.99. The minimum Gasteiger partial charge on any atom is -0.309 e. The van der Waals surface area contributed by atoms with Crippen molar-refractivity contribution in [2.45, 2.75) is 13.0 Å². The van der Waals surface area contributed by atoms with Gasteiger partial charge in [0.1, 0.15) is 0 Å². The Morgan fingerprint density at radius 2 is 2.20 bits per heavy atom. The molecule has 1 heterocycles. The Morgan fingerprint density at radius 1 is 1.45 bits per heavy atom. The van der Waals surface area contributed by atoms with Crippen LogP contribution in [0.4, 0.5) is 5.69 Å². The average Bonchev–Trinajstić information content (AvgIpc) is 2.48. The van der Waals surface area contributed by atoms with E-state index in [0.29, 0.717) is 0 Å². The first-order valence-corrected chi connectivity index (χ1v) is 8.10. The number of thioether (sulfide) groups is 1. The molecule has 1 atom stereocenters. The molecule has 1 aliphatic heterocycles. The molecule has 1 fully saturated rings. The van der Waals surface area contributed by atoms with Crippen LogP contribution in [0, 0.1) is 10.1 Å². The summed E-state index contributed by atoms with van der Waals surface area (Å²) in [5, 5.41) is 14.2. The van der Waals surface area contributed by atoms with Crippen molar-refractivity contribution in [3.8, 4) is 0 Å². The van der Waals surface area contributed by atoms with Gasteiger partial charge in [-0.25, -0.2) is 0 Å². The second-order valence-electron chi connectivity index (χ2n) is 4.98. The minimum atomic E-state index is -0.346. The van der Waals surface area contributed by atoms with Gasteiger partial charge in [-0.2, -0.15) is 11.8 Å². The van der Waals surface area contributed by atoms with Crippen molar-refractivity contribution in [3.63, 3.8) is 0 Å². The van der Waals surface area contributed by atoms with E-state index in [2.05, 4.69) is 10.2 Å². The van der Waals surface area contributed by atoms with Gasteiger partial charge in [0.05, 0.1) is 4.92 Å². The van der Waals surface area contributed by atoms with Gasteiger partial charge in [-0.1, -0.05) is 12.1 Å². The zero-order valence-corrected chi connectivity index (χ0v) is 12.6. The fraction of sp³-hybridized carbons (Fsp3) is 0.571. The molecule has 0 spiro atoms. The van der Waals surface area contributed by atoms with E-state index in [4.69, 9.17) is 0 Å². The Balaban J connectivity index is 1.80. The highest BCUT2D eigenvalue weighted by molar-refractivity contribution is 7.99. The molecule has 1 N–H and O–H groups in total. The first-order chi connectivity index (χ1) is 9.66. The molecule has 20 heavy (non-hydrogen) atoms. The molecule has 2 rings (SSSR count). The Labute approximate surface area is 123 Å². The molecule has 0 bridgehead atoms. The van der Waals surface area contributed by atoms with E-state index in [1.165, 1.54) is 17.6 Å². The van der Waals surface area contributed by atoms with Crippen LogP contribution >= 0.6 is 11.8 Å². The van der Waals surface area contributed by atoms with E-state index >= 15 is 0 Å². The number of non-ortho nitro benzene ring substituents is 1. The average molecular weight is 295 g/mol. The van der Waals surface area contributed by atoms with Crippen LogP contribution in [0.5, 0.6) is 0 Å². The molecule has 0 aromatic heterocycles. The fourth-order valence-corrected chi connectivity index (χ4v) is 3.27. The predicted molar refractivity (Wildman–Crippen MR) is 83.3 cm³/mol. The van der Waals surface area contributed by atoms with Gasteiger partial charge in [0.2, 0.25) is 0 Å². The number of nitro benzene ring substituents is 1. The fourth-order valence-electron chi connectivity index (χ4n) is 2.29. The lowest BCUT2D eigenvalue weighted by Gasteiger charge is -2.26. The largest absolute Gasteiger partial charge is 0.309 e. The first kappa shape index (κ1) is 15.3. The van der Waals surface area contributed by atoms with E-state index in [-0.39, 0.29) is 16.7 Å². The number of benzene rings is 1. The zero-order valence-electron chi connectivity index (χ0n) is 11.7. The molecule has 1 aromatic rings. The van der Waals surface area contributed by atoms with Crippen molar-refractivity contribution in [2.24, 2.45) is 0 Å². The van der Waals surface area contributed by atoms with Crippen molar-refractivity contribution in [1.29, 1.82) is 0 Å². The highest BCUT2D eigenvalue weighted by atomic mass is 32.2. The number of nitrogens with zero attached hydrogens (tertiary/aromatic N) is 2. The quantitative estimate of drug-likeness (QED) is 0.644. The van der Waals surface area contributed by atoms with Crippen molar-refractivity contribution < 1.29 is 4.92 Å². The second kappa shape index (κ2) is 7.61. The number of hydrogen-bond donors (Lipinski definition) is 1. The van der Waals surface area contributed by atoms with Crippen LogP contribution in [-0.2, 0) is 0 Å². The molecule has 1 saturated heterocycles. The molecule has 0 radical (unpaired) electrons. The summed E-state index contributed by atoms with van der Waals surface area (Å²) in [7, 11) is 0. The van der Waals surface area contributed by atoms with Crippen molar-refractivity contribution in [3.05, 3.63) is 39.9 Å². The van der Waals surface area contributed by atoms with Crippen LogP contribution in [0.15, 0.2) is 24.3 Å². The van der Waals surface area contributed by atoms with Crippen LogP contribution in [-0.4, -0.2) is 47.5 Å². The van der Waals surface area contributed by atoms with Crippen molar-refractivity contribution in [1.82, 2.24) is 10.2 Å². The summed E-state index contributed by atoms with van der Waals surface area (Å²) in [4.78, 5) is 12.9. The van der Waals surface area contributed by atoms with Gasteiger partial charge in [-0.3, -0.25) is 10.1 Å². The number of nitro groups is 1. The molecule has 1 unspecified atom stereocenters. The van der Waals surface area contributed by atoms with E-state index in [1.807, 2.05) is 24.8 Å². The molecule has 6 heteroatoms. The molecular formula is C14H21N3O2S. The number of nitrogens with one attached hydrogen (secondary N) is 1. The highest BCUT2D eigenvalue weighted by Crippen LogP contribution is 2.18. The third-order valence-electron chi connectivity index (χ3n) is 3.56. The maximum Gasteiger partial charge on any atom is 0.269 e. The van der Waals surface area contributed by atoms with Gasteiger partial charge in [0.15, 0.2) is 0 Å². The first-order valence-electron chi connectivity index (χ1n) is 6.94. The molecule has 5 nitrogen and oxygen atoms in total. The standard InChI is InChI=1S/C14H21N3O2S/c1-12(13-3-2-4-14(11-13)17(18)19)15-5-6-16-7-9-20-10-8-16/h2-4,11-12,15H,5-10H2,1H3. The molecule has 1 aliphatic rings. The predicted octanol–water partition coefficient (Wildman–Crippen LogP) is 2.29. The summed E-state index contributed by atoms with van der Waals surface area (Å²) in [6.45, 7) is 6.33. The third-order valence-corrected chi connectivity index (χ3v) is 4.51. The molecular weight excluding hydrogens is 274 g/mol. The van der Waals surface area contributed by atoms with E-state index in [0.717, 1.165) is 31.7 Å². The monoisotopic (exact) mass is 295 g/mol. The zero-order chi connectivity index (χ0) is 14.4. The molecule has 0 amide bonds. The lowest BCUT2D eigenvalue weighted by atomic mass is 10.1. The Bertz CT molecular complexity index is 450. The van der Waals surface area contributed by atoms with E-state index < -0.39 is 0 Å². The summed E-state index contributed by atoms with van der Waals surface area (Å²) in [5.74, 6) is 2.45. The number of hydrogen-bond acceptors (Lipinski definition) is 5. The van der Waals surface area contributed by atoms with Gasteiger partial charge in [0, 0.05) is 55.9 Å². The smallest absolute Gasteiger partial charge is 0.269 e. The third kappa shape index (κ3) is 4.47. The summed E-state index contributed by atoms with van der Waals surface area (Å²) >= 11 is 2.01. The van der Waals surface area contributed by atoms with Gasteiger partial charge >= 0.3 is 0 Å². The minimum absolute atomic E-state index is 0.133. The van der Waals surface area contributed by atoms with Gasteiger partial charge in [-0.05, 0) is 12.5 Å². The van der Waals surface area contributed by atoms with E-state index in [9.17, 15) is 10.1 Å². The second-order valence-corrected chi connectivity index (χ2v) is 6.21. The molecule has 110 valence electrons.